The molecule has 14 nitrogen and oxygen atoms in total. The number of imidazole rings is 1. The molecular weight excluding hydrogens is 512 g/mol. The van der Waals surface area contributed by atoms with Crippen molar-refractivity contribution in [3.63, 3.8) is 0 Å². The van der Waals surface area contributed by atoms with Crippen molar-refractivity contribution < 1.29 is 39.3 Å². The number of carboxylic acids is 2. The number of aliphatic carboxylic acids is 2. The highest BCUT2D eigenvalue weighted by atomic mass is 16.4. The van der Waals surface area contributed by atoms with Crippen molar-refractivity contribution in [1.29, 1.82) is 0 Å². The fraction of sp³-hybridized carbons (Fsp3) is 0.440. The molecule has 2 aromatic rings. The van der Waals surface area contributed by atoms with E-state index in [2.05, 4.69) is 25.9 Å². The van der Waals surface area contributed by atoms with Gasteiger partial charge in [0.1, 0.15) is 23.9 Å². The Hall–Kier alpha value is -4.46. The Morgan fingerprint density at radius 3 is 2.10 bits per heavy atom. The lowest BCUT2D eigenvalue weighted by molar-refractivity contribution is -0.142. The molecule has 4 atom stereocenters. The molecule has 4 unspecified atom stereocenters. The molecule has 2 rings (SSSR count). The number of carboxylic acid groups (broad SMARTS) is 2. The van der Waals surface area contributed by atoms with Gasteiger partial charge in [-0.25, -0.2) is 9.78 Å². The van der Waals surface area contributed by atoms with Gasteiger partial charge in [0.25, 0.3) is 0 Å². The average Bonchev–Trinajstić information content (AvgIpc) is 3.38. The topological polar surface area (TPSA) is 237 Å². The summed E-state index contributed by atoms with van der Waals surface area (Å²) >= 11 is 0. The lowest BCUT2D eigenvalue weighted by Gasteiger charge is -2.27. The standard InChI is InChI=1S/C25H34N6O8/c1-13(2)21(24(37)30-19(25(38)39)9-14-3-5-16(32)6-4-14)31-23(36)18(7-8-20(33)34)29-22(35)17(26)10-15-11-27-12-28-15/h3-6,11-13,17-19,21,32H,7-10,26H2,1-2H3,(H,27,28)(H,29,35)(H,30,37)(H,31,36)(H,33,34)(H,38,39). The van der Waals surface area contributed by atoms with E-state index in [0.29, 0.717) is 11.3 Å². The van der Waals surface area contributed by atoms with E-state index < -0.39 is 66.2 Å². The Morgan fingerprint density at radius 2 is 1.56 bits per heavy atom. The molecule has 0 saturated carbocycles. The molecule has 0 fully saturated rings. The molecule has 0 aliphatic heterocycles. The minimum atomic E-state index is -1.33. The predicted molar refractivity (Wildman–Crippen MR) is 137 cm³/mol. The molecule has 39 heavy (non-hydrogen) atoms. The van der Waals surface area contributed by atoms with Gasteiger partial charge in [0.05, 0.1) is 12.4 Å². The van der Waals surface area contributed by atoms with E-state index >= 15 is 0 Å². The molecular formula is C25H34N6O8. The first-order valence-corrected chi connectivity index (χ1v) is 12.2. The first-order chi connectivity index (χ1) is 18.4. The summed E-state index contributed by atoms with van der Waals surface area (Å²) in [6, 6.07) is 0.913. The number of phenols is 1. The molecule has 1 aromatic carbocycles. The number of aromatic nitrogens is 2. The zero-order chi connectivity index (χ0) is 29.1. The van der Waals surface area contributed by atoms with Gasteiger partial charge in [-0.05, 0) is 30.0 Å². The van der Waals surface area contributed by atoms with Crippen LogP contribution in [-0.4, -0.2) is 79.1 Å². The van der Waals surface area contributed by atoms with Gasteiger partial charge in [-0.2, -0.15) is 0 Å². The van der Waals surface area contributed by atoms with Crippen LogP contribution in [0.1, 0.15) is 37.9 Å². The largest absolute Gasteiger partial charge is 0.508 e. The highest BCUT2D eigenvalue weighted by Crippen LogP contribution is 2.12. The first kappa shape index (κ1) is 30.8. The van der Waals surface area contributed by atoms with Crippen LogP contribution in [-0.2, 0) is 36.8 Å². The number of aromatic amines is 1. The summed E-state index contributed by atoms with van der Waals surface area (Å²) in [4.78, 5) is 68.4. The summed E-state index contributed by atoms with van der Waals surface area (Å²) in [6.45, 7) is 3.26. The van der Waals surface area contributed by atoms with Gasteiger partial charge in [0, 0.05) is 31.2 Å². The average molecular weight is 547 g/mol. The summed E-state index contributed by atoms with van der Waals surface area (Å²) in [7, 11) is 0. The summed E-state index contributed by atoms with van der Waals surface area (Å²) in [5.41, 5.74) is 7.06. The van der Waals surface area contributed by atoms with Gasteiger partial charge in [-0.15, -0.1) is 0 Å². The van der Waals surface area contributed by atoms with E-state index in [9.17, 15) is 34.2 Å². The molecule has 1 aromatic heterocycles. The van der Waals surface area contributed by atoms with Gasteiger partial charge in [-0.3, -0.25) is 19.2 Å². The number of hydrogen-bond acceptors (Lipinski definition) is 8. The lowest BCUT2D eigenvalue weighted by Crippen LogP contribution is -2.58. The highest BCUT2D eigenvalue weighted by molar-refractivity contribution is 5.94. The number of hydrogen-bond donors (Lipinski definition) is 8. The highest BCUT2D eigenvalue weighted by Gasteiger charge is 2.32. The molecule has 1 heterocycles. The smallest absolute Gasteiger partial charge is 0.326 e. The number of nitrogens with zero attached hydrogens (tertiary/aromatic N) is 1. The summed E-state index contributed by atoms with van der Waals surface area (Å²) in [5, 5.41) is 35.5. The van der Waals surface area contributed by atoms with Crippen LogP contribution in [0.5, 0.6) is 5.75 Å². The molecule has 212 valence electrons. The second-order valence-corrected chi connectivity index (χ2v) is 9.38. The fourth-order valence-corrected chi connectivity index (χ4v) is 3.66. The predicted octanol–water partition coefficient (Wildman–Crippen LogP) is -0.712. The number of nitrogens with one attached hydrogen (secondary N) is 4. The number of nitrogens with two attached hydrogens (primary N) is 1. The van der Waals surface area contributed by atoms with Crippen molar-refractivity contribution >= 4 is 29.7 Å². The van der Waals surface area contributed by atoms with Crippen molar-refractivity contribution in [2.24, 2.45) is 11.7 Å². The van der Waals surface area contributed by atoms with Crippen LogP contribution >= 0.6 is 0 Å². The molecule has 14 heteroatoms. The van der Waals surface area contributed by atoms with Crippen molar-refractivity contribution in [3.8, 4) is 5.75 Å². The fourth-order valence-electron chi connectivity index (χ4n) is 3.66. The molecule has 0 bridgehead atoms. The van der Waals surface area contributed by atoms with Gasteiger partial charge >= 0.3 is 11.9 Å². The Kier molecular flexibility index (Phi) is 11.4. The van der Waals surface area contributed by atoms with Gasteiger partial charge in [0.15, 0.2) is 0 Å². The van der Waals surface area contributed by atoms with Crippen molar-refractivity contribution in [3.05, 3.63) is 48.0 Å². The molecule has 0 radical (unpaired) electrons. The van der Waals surface area contributed by atoms with E-state index in [4.69, 9.17) is 10.8 Å². The number of benzene rings is 1. The lowest BCUT2D eigenvalue weighted by atomic mass is 10.00. The summed E-state index contributed by atoms with van der Waals surface area (Å²) < 4.78 is 0. The SMILES string of the molecule is CC(C)C(NC(=O)C(CCC(=O)O)NC(=O)C(N)Cc1cnc[nH]1)C(=O)NC(Cc1ccc(O)cc1)C(=O)O. The Bertz CT molecular complexity index is 1140. The maximum absolute atomic E-state index is 13.1. The quantitative estimate of drug-likeness (QED) is 0.140. The second kappa shape index (κ2) is 14.5. The van der Waals surface area contributed by atoms with Crippen LogP contribution in [0.25, 0.3) is 0 Å². The van der Waals surface area contributed by atoms with Crippen LogP contribution in [0.15, 0.2) is 36.8 Å². The number of aromatic hydroxyl groups is 1. The van der Waals surface area contributed by atoms with E-state index in [1.807, 2.05) is 0 Å². The normalized spacial score (nSPS) is 14.1. The third-order valence-corrected chi connectivity index (χ3v) is 5.85. The van der Waals surface area contributed by atoms with E-state index in [0.717, 1.165) is 0 Å². The zero-order valence-electron chi connectivity index (χ0n) is 21.6. The molecule has 0 spiro atoms. The Morgan fingerprint density at radius 1 is 0.923 bits per heavy atom. The van der Waals surface area contributed by atoms with Crippen molar-refractivity contribution in [2.75, 3.05) is 0 Å². The number of H-pyrrole nitrogens is 1. The molecule has 3 amide bonds. The molecule has 0 aliphatic carbocycles. The minimum Gasteiger partial charge on any atom is -0.508 e. The molecule has 0 saturated heterocycles. The van der Waals surface area contributed by atoms with Crippen LogP contribution < -0.4 is 21.7 Å². The number of rotatable bonds is 15. The number of phenolic OH excluding ortho intramolecular Hbond substituents is 1. The number of amides is 3. The maximum Gasteiger partial charge on any atom is 0.326 e. The van der Waals surface area contributed by atoms with Crippen molar-refractivity contribution in [2.45, 2.75) is 63.7 Å². The third kappa shape index (κ3) is 10.1. The summed E-state index contributed by atoms with van der Waals surface area (Å²) in [6.07, 6.45) is 2.20. The molecule has 9 N–H and O–H groups in total. The molecule has 0 aliphatic rings. The van der Waals surface area contributed by atoms with E-state index in [1.165, 1.54) is 36.8 Å². The third-order valence-electron chi connectivity index (χ3n) is 5.85. The minimum absolute atomic E-state index is 0.00375. The Balaban J connectivity index is 2.11. The van der Waals surface area contributed by atoms with E-state index in [1.54, 1.807) is 13.8 Å². The van der Waals surface area contributed by atoms with Gasteiger partial charge in [-0.1, -0.05) is 26.0 Å². The zero-order valence-corrected chi connectivity index (χ0v) is 21.6. The summed E-state index contributed by atoms with van der Waals surface area (Å²) in [5.74, 6) is -5.29. The van der Waals surface area contributed by atoms with Crippen LogP contribution in [0, 0.1) is 5.92 Å². The monoisotopic (exact) mass is 546 g/mol. The van der Waals surface area contributed by atoms with Crippen LogP contribution in [0.2, 0.25) is 0 Å². The maximum atomic E-state index is 13.1. The van der Waals surface area contributed by atoms with Crippen molar-refractivity contribution in [1.82, 2.24) is 25.9 Å². The van der Waals surface area contributed by atoms with Crippen LogP contribution in [0.3, 0.4) is 0 Å². The van der Waals surface area contributed by atoms with Gasteiger partial charge in [0.2, 0.25) is 17.7 Å². The first-order valence-electron chi connectivity index (χ1n) is 12.2. The van der Waals surface area contributed by atoms with E-state index in [-0.39, 0.29) is 25.0 Å². The number of carbonyl (C=O) groups excluding carboxylic acids is 3. The second-order valence-electron chi connectivity index (χ2n) is 9.38. The van der Waals surface area contributed by atoms with Gasteiger partial charge < -0.3 is 42.0 Å². The number of carbonyl (C=O) groups is 5. The van der Waals surface area contributed by atoms with Crippen LogP contribution in [0.4, 0.5) is 0 Å². The Labute approximate surface area is 224 Å².